The smallest absolute Gasteiger partial charge is 0.125 e. The van der Waals surface area contributed by atoms with Gasteiger partial charge in [-0.1, -0.05) is 6.07 Å². The highest BCUT2D eigenvalue weighted by Gasteiger charge is 1.96. The first-order valence-corrected chi connectivity index (χ1v) is 4.54. The van der Waals surface area contributed by atoms with Crippen molar-refractivity contribution in [1.82, 2.24) is 4.98 Å². The summed E-state index contributed by atoms with van der Waals surface area (Å²) in [6.45, 7) is 0.627. The number of hydrogen-bond acceptors (Lipinski definition) is 3. The van der Waals surface area contributed by atoms with Crippen molar-refractivity contribution in [3.63, 3.8) is 0 Å². The van der Waals surface area contributed by atoms with Crippen molar-refractivity contribution in [2.45, 2.75) is 12.8 Å². The lowest BCUT2D eigenvalue weighted by atomic mass is 10.2. The third-order valence-electron chi connectivity index (χ3n) is 1.63. The predicted molar refractivity (Wildman–Crippen MR) is 53.4 cm³/mol. The first-order chi connectivity index (χ1) is 6.36. The number of carbonyl (C=O) groups excluding carboxylic acids is 1. The van der Waals surface area contributed by atoms with E-state index in [1.54, 1.807) is 0 Å². The lowest BCUT2D eigenvalue weighted by molar-refractivity contribution is -0.107. The van der Waals surface area contributed by atoms with Crippen molar-refractivity contribution >= 4 is 15.8 Å². The van der Waals surface area contributed by atoms with Crippen molar-refractivity contribution < 1.29 is 9.32 Å². The molecule has 70 valence electrons. The van der Waals surface area contributed by atoms with Crippen LogP contribution in [-0.2, 0) is 22.2 Å². The average Bonchev–Trinajstić information content (AvgIpc) is 2.16. The minimum Gasteiger partial charge on any atom is -0.365 e. The summed E-state index contributed by atoms with van der Waals surface area (Å²) < 4.78 is 4.85. The summed E-state index contributed by atoms with van der Waals surface area (Å²) in [5, 5.41) is 0. The zero-order valence-corrected chi connectivity index (χ0v) is 8.43. The summed E-state index contributed by atoms with van der Waals surface area (Å²) in [6, 6.07) is 5.68. The van der Waals surface area contributed by atoms with Gasteiger partial charge in [-0.25, -0.2) is 0 Å². The number of rotatable bonds is 5. The Balaban J connectivity index is 2.61. The number of aromatic nitrogens is 1. The molecule has 0 spiro atoms. The van der Waals surface area contributed by atoms with E-state index in [4.69, 9.17) is 4.52 Å². The first kappa shape index (κ1) is 10.3. The van der Waals surface area contributed by atoms with Crippen LogP contribution in [0.2, 0.25) is 0 Å². The molecule has 0 fully saturated rings. The van der Waals surface area contributed by atoms with Crippen LogP contribution in [-0.4, -0.2) is 17.9 Å². The summed E-state index contributed by atoms with van der Waals surface area (Å²) in [7, 11) is 2.20. The van der Waals surface area contributed by atoms with Gasteiger partial charge in [-0.3, -0.25) is 4.98 Å². The van der Waals surface area contributed by atoms with Gasteiger partial charge in [0.1, 0.15) is 6.29 Å². The van der Waals surface area contributed by atoms with Crippen LogP contribution in [0.25, 0.3) is 0 Å². The molecular formula is C9H12NO2P. The molecule has 0 N–H and O–H groups in total. The van der Waals surface area contributed by atoms with Gasteiger partial charge in [0.05, 0.1) is 6.61 Å². The molecule has 0 amide bonds. The van der Waals surface area contributed by atoms with Gasteiger partial charge in [0.25, 0.3) is 0 Å². The summed E-state index contributed by atoms with van der Waals surface area (Å²) in [4.78, 5) is 14.5. The molecular weight excluding hydrogens is 185 g/mol. The SMILES string of the molecule is O=CCc1cccc(CCOP)n1. The molecule has 13 heavy (non-hydrogen) atoms. The van der Waals surface area contributed by atoms with E-state index in [1.165, 1.54) is 0 Å². The molecule has 0 radical (unpaired) electrons. The second kappa shape index (κ2) is 5.79. The van der Waals surface area contributed by atoms with Gasteiger partial charge in [0.2, 0.25) is 0 Å². The Hall–Kier alpha value is -0.790. The van der Waals surface area contributed by atoms with E-state index in [1.807, 2.05) is 18.2 Å². The number of nitrogens with zero attached hydrogens (tertiary/aromatic N) is 1. The maximum Gasteiger partial charge on any atom is 0.125 e. The number of pyridine rings is 1. The molecule has 0 bridgehead atoms. The van der Waals surface area contributed by atoms with Gasteiger partial charge in [-0.05, 0) is 12.1 Å². The van der Waals surface area contributed by atoms with E-state index >= 15 is 0 Å². The van der Waals surface area contributed by atoms with Crippen molar-refractivity contribution in [2.24, 2.45) is 0 Å². The summed E-state index contributed by atoms with van der Waals surface area (Å²) in [5.74, 6) is 0. The lowest BCUT2D eigenvalue weighted by Crippen LogP contribution is -1.98. The quantitative estimate of drug-likeness (QED) is 0.525. The fourth-order valence-corrected chi connectivity index (χ4v) is 1.15. The topological polar surface area (TPSA) is 39.2 Å². The molecule has 0 aliphatic carbocycles. The molecule has 0 aliphatic heterocycles. The molecule has 1 atom stereocenters. The molecule has 1 heterocycles. The van der Waals surface area contributed by atoms with E-state index in [0.717, 1.165) is 24.1 Å². The van der Waals surface area contributed by atoms with E-state index in [0.29, 0.717) is 13.0 Å². The van der Waals surface area contributed by atoms with Crippen LogP contribution in [0.5, 0.6) is 0 Å². The maximum absolute atomic E-state index is 10.2. The fourth-order valence-electron chi connectivity index (χ4n) is 1.03. The average molecular weight is 197 g/mol. The normalized spacial score (nSPS) is 9.92. The van der Waals surface area contributed by atoms with Crippen LogP contribution in [0.3, 0.4) is 0 Å². The summed E-state index contributed by atoms with van der Waals surface area (Å²) in [6.07, 6.45) is 2.02. The number of hydrogen-bond donors (Lipinski definition) is 0. The minimum absolute atomic E-state index is 0.384. The maximum atomic E-state index is 10.2. The second-order valence-corrected chi connectivity index (χ2v) is 2.95. The van der Waals surface area contributed by atoms with Crippen LogP contribution in [0.1, 0.15) is 11.4 Å². The van der Waals surface area contributed by atoms with Gasteiger partial charge in [0, 0.05) is 33.7 Å². The monoisotopic (exact) mass is 197 g/mol. The van der Waals surface area contributed by atoms with Crippen molar-refractivity contribution in [1.29, 1.82) is 0 Å². The largest absolute Gasteiger partial charge is 0.365 e. The Morgan fingerprint density at radius 3 is 2.92 bits per heavy atom. The zero-order chi connectivity index (χ0) is 9.52. The third-order valence-corrected chi connectivity index (χ3v) is 1.87. The van der Waals surface area contributed by atoms with E-state index in [9.17, 15) is 4.79 Å². The Morgan fingerprint density at radius 1 is 1.46 bits per heavy atom. The van der Waals surface area contributed by atoms with Gasteiger partial charge in [0.15, 0.2) is 0 Å². The molecule has 1 aromatic heterocycles. The van der Waals surface area contributed by atoms with Crippen molar-refractivity contribution in [3.8, 4) is 0 Å². The molecule has 0 saturated heterocycles. The van der Waals surface area contributed by atoms with Crippen LogP contribution >= 0.6 is 9.47 Å². The molecule has 4 heteroatoms. The van der Waals surface area contributed by atoms with Crippen LogP contribution < -0.4 is 0 Å². The van der Waals surface area contributed by atoms with E-state index in [-0.39, 0.29) is 0 Å². The first-order valence-electron chi connectivity index (χ1n) is 4.07. The molecule has 1 aromatic rings. The van der Waals surface area contributed by atoms with E-state index < -0.39 is 0 Å². The van der Waals surface area contributed by atoms with Gasteiger partial charge in [-0.2, -0.15) is 0 Å². The highest BCUT2D eigenvalue weighted by Crippen LogP contribution is 2.01. The second-order valence-electron chi connectivity index (χ2n) is 2.61. The van der Waals surface area contributed by atoms with Gasteiger partial charge in [-0.15, -0.1) is 0 Å². The van der Waals surface area contributed by atoms with Gasteiger partial charge >= 0.3 is 0 Å². The zero-order valence-electron chi connectivity index (χ0n) is 7.27. The molecule has 0 aliphatic rings. The number of carbonyl (C=O) groups is 1. The fraction of sp³-hybridized carbons (Fsp3) is 0.333. The Bertz CT molecular complexity index is 278. The molecule has 0 aromatic carbocycles. The Labute approximate surface area is 79.8 Å². The highest BCUT2D eigenvalue weighted by molar-refractivity contribution is 7.09. The van der Waals surface area contributed by atoms with Gasteiger partial charge < -0.3 is 9.32 Å². The highest BCUT2D eigenvalue weighted by atomic mass is 31.0. The molecule has 3 nitrogen and oxygen atoms in total. The summed E-state index contributed by atoms with van der Waals surface area (Å²) >= 11 is 0. The molecule has 0 saturated carbocycles. The van der Waals surface area contributed by atoms with Crippen LogP contribution in [0.15, 0.2) is 18.2 Å². The Kier molecular flexibility index (Phi) is 4.58. The van der Waals surface area contributed by atoms with Crippen molar-refractivity contribution in [3.05, 3.63) is 29.6 Å². The van der Waals surface area contributed by atoms with Crippen molar-refractivity contribution in [2.75, 3.05) is 6.61 Å². The van der Waals surface area contributed by atoms with E-state index in [2.05, 4.69) is 14.5 Å². The predicted octanol–water partition coefficient (Wildman–Crippen LogP) is 1.17. The standard InChI is InChI=1S/C9H12NO2P/c11-6-4-8-2-1-3-9(10-8)5-7-12-13/h1-3,6H,4-5,7,13H2. The Morgan fingerprint density at radius 2 is 2.23 bits per heavy atom. The van der Waals surface area contributed by atoms with Crippen LogP contribution in [0.4, 0.5) is 0 Å². The summed E-state index contributed by atoms with van der Waals surface area (Å²) in [5.41, 5.74) is 1.78. The minimum atomic E-state index is 0.384. The third kappa shape index (κ3) is 3.62. The molecule has 1 rings (SSSR count). The number of aldehydes is 1. The van der Waals surface area contributed by atoms with Crippen LogP contribution in [0, 0.1) is 0 Å². The molecule has 1 unspecified atom stereocenters. The lowest BCUT2D eigenvalue weighted by Gasteiger charge is -2.00.